The van der Waals surface area contributed by atoms with E-state index in [4.69, 9.17) is 0 Å². The number of anilines is 1. The van der Waals surface area contributed by atoms with E-state index in [1.54, 1.807) is 45.7 Å². The van der Waals surface area contributed by atoms with Crippen molar-refractivity contribution in [3.8, 4) is 5.82 Å². The smallest absolute Gasteiger partial charge is 0.284 e. The molecule has 4 rings (SSSR count). The quantitative estimate of drug-likeness (QED) is 0.726. The maximum absolute atomic E-state index is 13.3. The summed E-state index contributed by atoms with van der Waals surface area (Å²) in [7, 11) is 0. The molecule has 0 saturated carbocycles. The number of halogens is 2. The monoisotopic (exact) mass is 389 g/mol. The molecular weight excluding hydrogens is 372 g/mol. The van der Waals surface area contributed by atoms with E-state index in [9.17, 15) is 13.6 Å². The third kappa shape index (κ3) is 4.20. The molecule has 2 aromatic heterocycles. The molecule has 0 bridgehead atoms. The lowest BCUT2D eigenvalue weighted by molar-refractivity contribution is 0.0115. The van der Waals surface area contributed by atoms with Gasteiger partial charge in [0.05, 0.1) is 6.54 Å². The van der Waals surface area contributed by atoms with Gasteiger partial charge in [-0.25, -0.2) is 18.7 Å². The third-order valence-corrected chi connectivity index (χ3v) is 5.15. The van der Waals surface area contributed by atoms with Gasteiger partial charge < -0.3 is 5.32 Å². The molecule has 0 radical (unpaired) electrons. The summed E-state index contributed by atoms with van der Waals surface area (Å²) in [6, 6.07) is 7.22. The zero-order valence-electron chi connectivity index (χ0n) is 14.3. The van der Waals surface area contributed by atoms with Crippen LogP contribution in [0, 0.1) is 0 Å². The Morgan fingerprint density at radius 3 is 2.78 bits per heavy atom. The fourth-order valence-corrected chi connectivity index (χ4v) is 3.66. The standard InChI is InChI=1S/C18H17F2N5OS/c19-18(20)5-7-24(11-18)9-13-1-3-14(4-2-13)22-16(26)17-23-15(10-27-17)25-8-6-21-12-25/h1-4,6,8,10,12H,5,7,9,11H2,(H,22,26). The largest absolute Gasteiger partial charge is 0.320 e. The van der Waals surface area contributed by atoms with Gasteiger partial charge in [-0.2, -0.15) is 0 Å². The second-order valence-corrected chi connectivity index (χ2v) is 7.31. The lowest BCUT2D eigenvalue weighted by atomic mass is 10.2. The Labute approximate surface area is 158 Å². The van der Waals surface area contributed by atoms with Gasteiger partial charge in [0, 0.05) is 43.0 Å². The van der Waals surface area contributed by atoms with Crippen LogP contribution in [0.1, 0.15) is 21.8 Å². The SMILES string of the molecule is O=C(Nc1ccc(CN2CCC(F)(F)C2)cc1)c1nc(-n2ccnc2)cs1. The Balaban J connectivity index is 1.36. The topological polar surface area (TPSA) is 63.1 Å². The molecule has 1 aliphatic rings. The highest BCUT2D eigenvalue weighted by Gasteiger charge is 2.37. The number of hydrogen-bond acceptors (Lipinski definition) is 5. The number of likely N-dealkylation sites (tertiary alicyclic amines) is 1. The molecule has 1 N–H and O–H groups in total. The number of nitrogens with one attached hydrogen (secondary N) is 1. The van der Waals surface area contributed by atoms with Gasteiger partial charge in [-0.05, 0) is 17.7 Å². The number of aromatic nitrogens is 3. The normalized spacial score (nSPS) is 16.5. The number of nitrogens with zero attached hydrogens (tertiary/aromatic N) is 4. The maximum Gasteiger partial charge on any atom is 0.284 e. The van der Waals surface area contributed by atoms with Gasteiger partial charge in [0.2, 0.25) is 0 Å². The Kier molecular flexibility index (Phi) is 4.71. The summed E-state index contributed by atoms with van der Waals surface area (Å²) in [6.45, 7) is 0.675. The minimum absolute atomic E-state index is 0.0873. The van der Waals surface area contributed by atoms with Crippen molar-refractivity contribution < 1.29 is 13.6 Å². The third-order valence-electron chi connectivity index (χ3n) is 4.32. The molecule has 3 aromatic rings. The first-order valence-electron chi connectivity index (χ1n) is 8.43. The fraction of sp³-hybridized carbons (Fsp3) is 0.278. The second kappa shape index (κ2) is 7.16. The van der Waals surface area contributed by atoms with Gasteiger partial charge in [0.1, 0.15) is 12.1 Å². The van der Waals surface area contributed by atoms with E-state index >= 15 is 0 Å². The van der Waals surface area contributed by atoms with E-state index < -0.39 is 5.92 Å². The molecule has 27 heavy (non-hydrogen) atoms. The first-order chi connectivity index (χ1) is 13.0. The number of thiazole rings is 1. The minimum atomic E-state index is -2.59. The number of hydrogen-bond donors (Lipinski definition) is 1. The molecule has 1 amide bonds. The Bertz CT molecular complexity index is 924. The molecule has 1 aromatic carbocycles. The molecule has 0 aliphatic carbocycles. The van der Waals surface area contributed by atoms with Crippen LogP contribution in [0.2, 0.25) is 0 Å². The molecular formula is C18H17F2N5OS. The van der Waals surface area contributed by atoms with Crippen LogP contribution in [0.15, 0.2) is 48.4 Å². The Hall–Kier alpha value is -2.65. The van der Waals surface area contributed by atoms with E-state index in [0.717, 1.165) is 5.56 Å². The fourth-order valence-electron chi connectivity index (χ4n) is 2.96. The first kappa shape index (κ1) is 17.7. The predicted molar refractivity (Wildman–Crippen MR) is 98.5 cm³/mol. The highest BCUT2D eigenvalue weighted by Crippen LogP contribution is 2.28. The van der Waals surface area contributed by atoms with Gasteiger partial charge in [-0.15, -0.1) is 11.3 Å². The highest BCUT2D eigenvalue weighted by molar-refractivity contribution is 7.12. The molecule has 140 valence electrons. The summed E-state index contributed by atoms with van der Waals surface area (Å²) in [5, 5.41) is 4.93. The van der Waals surface area contributed by atoms with Crippen molar-refractivity contribution >= 4 is 22.9 Å². The number of carbonyl (C=O) groups is 1. The van der Waals surface area contributed by atoms with Crippen LogP contribution in [0.3, 0.4) is 0 Å². The van der Waals surface area contributed by atoms with Crippen molar-refractivity contribution in [3.05, 3.63) is 58.9 Å². The number of imidazole rings is 1. The van der Waals surface area contributed by atoms with Crippen molar-refractivity contribution in [1.29, 1.82) is 0 Å². The van der Waals surface area contributed by atoms with Crippen molar-refractivity contribution in [2.45, 2.75) is 18.9 Å². The predicted octanol–water partition coefficient (Wildman–Crippen LogP) is 3.42. The lowest BCUT2D eigenvalue weighted by Gasteiger charge is -2.15. The van der Waals surface area contributed by atoms with Gasteiger partial charge in [0.15, 0.2) is 5.01 Å². The number of carbonyl (C=O) groups excluding carboxylic acids is 1. The summed E-state index contributed by atoms with van der Waals surface area (Å²) in [5.74, 6) is -2.24. The van der Waals surface area contributed by atoms with Crippen LogP contribution in [0.25, 0.3) is 5.82 Å². The van der Waals surface area contributed by atoms with Gasteiger partial charge in [0.25, 0.3) is 11.8 Å². The van der Waals surface area contributed by atoms with Crippen LogP contribution >= 0.6 is 11.3 Å². The molecule has 0 atom stereocenters. The number of amides is 1. The van der Waals surface area contributed by atoms with E-state index in [2.05, 4.69) is 15.3 Å². The highest BCUT2D eigenvalue weighted by atomic mass is 32.1. The second-order valence-electron chi connectivity index (χ2n) is 6.45. The average Bonchev–Trinajstić information content (AvgIpc) is 3.37. The molecule has 1 fully saturated rings. The number of rotatable bonds is 5. The molecule has 0 unspecified atom stereocenters. The van der Waals surface area contributed by atoms with E-state index in [-0.39, 0.29) is 18.9 Å². The van der Waals surface area contributed by atoms with Crippen LogP contribution in [0.4, 0.5) is 14.5 Å². The van der Waals surface area contributed by atoms with E-state index in [1.807, 2.05) is 12.1 Å². The molecule has 1 aliphatic heterocycles. The Morgan fingerprint density at radius 2 is 2.11 bits per heavy atom. The summed E-state index contributed by atoms with van der Waals surface area (Å²) >= 11 is 1.25. The van der Waals surface area contributed by atoms with Crippen LogP contribution < -0.4 is 5.32 Å². The van der Waals surface area contributed by atoms with E-state index in [1.165, 1.54) is 11.3 Å². The maximum atomic E-state index is 13.3. The molecule has 9 heteroatoms. The summed E-state index contributed by atoms with van der Waals surface area (Å²) in [5.41, 5.74) is 1.57. The zero-order valence-corrected chi connectivity index (χ0v) is 15.1. The van der Waals surface area contributed by atoms with Crippen LogP contribution in [-0.4, -0.2) is 44.4 Å². The van der Waals surface area contributed by atoms with Gasteiger partial charge >= 0.3 is 0 Å². The molecule has 1 saturated heterocycles. The minimum Gasteiger partial charge on any atom is -0.320 e. The molecule has 6 nitrogen and oxygen atoms in total. The van der Waals surface area contributed by atoms with Crippen molar-refractivity contribution in [2.75, 3.05) is 18.4 Å². The summed E-state index contributed by atoms with van der Waals surface area (Å²) in [4.78, 5) is 22.3. The van der Waals surface area contributed by atoms with Crippen molar-refractivity contribution in [2.24, 2.45) is 0 Å². The van der Waals surface area contributed by atoms with Crippen LogP contribution in [0.5, 0.6) is 0 Å². The average molecular weight is 389 g/mol. The van der Waals surface area contributed by atoms with Crippen LogP contribution in [-0.2, 0) is 6.54 Å². The number of alkyl halides is 2. The summed E-state index contributed by atoms with van der Waals surface area (Å²) in [6.07, 6.45) is 4.93. The number of benzene rings is 1. The first-order valence-corrected chi connectivity index (χ1v) is 9.31. The van der Waals surface area contributed by atoms with Gasteiger partial charge in [-0.3, -0.25) is 14.3 Å². The summed E-state index contributed by atoms with van der Waals surface area (Å²) < 4.78 is 28.2. The molecule has 3 heterocycles. The lowest BCUT2D eigenvalue weighted by Crippen LogP contribution is -2.24. The van der Waals surface area contributed by atoms with Gasteiger partial charge in [-0.1, -0.05) is 12.1 Å². The zero-order chi connectivity index (χ0) is 18.9. The molecule has 0 spiro atoms. The van der Waals surface area contributed by atoms with Crippen molar-refractivity contribution in [1.82, 2.24) is 19.4 Å². The van der Waals surface area contributed by atoms with E-state index in [0.29, 0.717) is 29.6 Å². The van der Waals surface area contributed by atoms with Crippen molar-refractivity contribution in [3.63, 3.8) is 0 Å². The Morgan fingerprint density at radius 1 is 1.30 bits per heavy atom.